The number of hydrogen-bond acceptors (Lipinski definition) is 2. The zero-order chi connectivity index (χ0) is 14.8. The van der Waals surface area contributed by atoms with Gasteiger partial charge < -0.3 is 9.47 Å². The molecule has 106 valence electrons. The number of halogens is 4. The van der Waals surface area contributed by atoms with Crippen molar-refractivity contribution in [1.82, 2.24) is 0 Å². The van der Waals surface area contributed by atoms with E-state index in [9.17, 15) is 17.6 Å². The van der Waals surface area contributed by atoms with Crippen molar-refractivity contribution in [1.29, 1.82) is 0 Å². The van der Waals surface area contributed by atoms with Crippen LogP contribution in [-0.2, 0) is 0 Å². The summed E-state index contributed by atoms with van der Waals surface area (Å²) in [5, 5.41) is 0. The third-order valence-electron chi connectivity index (χ3n) is 2.58. The van der Waals surface area contributed by atoms with Crippen LogP contribution in [0.5, 0.6) is 11.5 Å². The molecule has 0 spiro atoms. The molecule has 20 heavy (non-hydrogen) atoms. The Bertz CT molecular complexity index is 591. The molecule has 0 unspecified atom stereocenters. The van der Waals surface area contributed by atoms with Crippen LogP contribution in [0, 0.1) is 5.82 Å². The summed E-state index contributed by atoms with van der Waals surface area (Å²) in [7, 11) is 1.51. The lowest BCUT2D eigenvalue weighted by Crippen LogP contribution is -2.17. The van der Waals surface area contributed by atoms with Crippen molar-refractivity contribution in [2.45, 2.75) is 6.36 Å². The Morgan fingerprint density at radius 3 is 2.00 bits per heavy atom. The molecule has 0 aliphatic rings. The highest BCUT2D eigenvalue weighted by molar-refractivity contribution is 5.65. The molecule has 0 N–H and O–H groups in total. The van der Waals surface area contributed by atoms with E-state index in [1.807, 2.05) is 0 Å². The lowest BCUT2D eigenvalue weighted by atomic mass is 10.1. The standard InChI is InChI=1S/C14H10F4O2/c1-19-11-5-2-9(3-6-11)10-4-7-13(12(15)8-10)20-14(16,17)18/h2-8H,1H3. The molecule has 2 aromatic rings. The van der Waals surface area contributed by atoms with Crippen LogP contribution < -0.4 is 9.47 Å². The second-order valence-electron chi connectivity index (χ2n) is 3.92. The molecule has 0 radical (unpaired) electrons. The summed E-state index contributed by atoms with van der Waals surface area (Å²) < 4.78 is 58.2. The molecule has 6 heteroatoms. The predicted molar refractivity (Wildman–Crippen MR) is 65.1 cm³/mol. The van der Waals surface area contributed by atoms with Crippen molar-refractivity contribution in [3.05, 3.63) is 48.3 Å². The van der Waals surface area contributed by atoms with Gasteiger partial charge in [-0.15, -0.1) is 13.2 Å². The Balaban J connectivity index is 2.28. The summed E-state index contributed by atoms with van der Waals surface area (Å²) in [4.78, 5) is 0. The van der Waals surface area contributed by atoms with Gasteiger partial charge in [0.25, 0.3) is 0 Å². The van der Waals surface area contributed by atoms with Crippen LogP contribution in [0.15, 0.2) is 42.5 Å². The summed E-state index contributed by atoms with van der Waals surface area (Å²) >= 11 is 0. The van der Waals surface area contributed by atoms with E-state index in [0.29, 0.717) is 16.9 Å². The van der Waals surface area contributed by atoms with Gasteiger partial charge in [0, 0.05) is 0 Å². The van der Waals surface area contributed by atoms with Crippen LogP contribution in [0.2, 0.25) is 0 Å². The topological polar surface area (TPSA) is 18.5 Å². The lowest BCUT2D eigenvalue weighted by Gasteiger charge is -2.11. The zero-order valence-corrected chi connectivity index (χ0v) is 10.4. The third-order valence-corrected chi connectivity index (χ3v) is 2.58. The van der Waals surface area contributed by atoms with E-state index in [0.717, 1.165) is 12.1 Å². The van der Waals surface area contributed by atoms with Gasteiger partial charge >= 0.3 is 6.36 Å². The maximum Gasteiger partial charge on any atom is 0.573 e. The molecule has 0 aromatic heterocycles. The Morgan fingerprint density at radius 2 is 1.50 bits per heavy atom. The fraction of sp³-hybridized carbons (Fsp3) is 0.143. The molecule has 2 aromatic carbocycles. The van der Waals surface area contributed by atoms with E-state index in [1.165, 1.54) is 13.2 Å². The number of alkyl halides is 3. The Hall–Kier alpha value is -2.24. The molecule has 0 aliphatic heterocycles. The van der Waals surface area contributed by atoms with Crippen molar-refractivity contribution >= 4 is 0 Å². The monoisotopic (exact) mass is 286 g/mol. The first-order valence-corrected chi connectivity index (χ1v) is 5.59. The lowest BCUT2D eigenvalue weighted by molar-refractivity contribution is -0.275. The molecular weight excluding hydrogens is 276 g/mol. The highest BCUT2D eigenvalue weighted by Gasteiger charge is 2.32. The van der Waals surface area contributed by atoms with Gasteiger partial charge in [-0.1, -0.05) is 18.2 Å². The van der Waals surface area contributed by atoms with Crippen LogP contribution in [0.3, 0.4) is 0 Å². The summed E-state index contributed by atoms with van der Waals surface area (Å²) in [6, 6.07) is 9.99. The van der Waals surface area contributed by atoms with Crippen LogP contribution in [0.1, 0.15) is 0 Å². The van der Waals surface area contributed by atoms with Gasteiger partial charge in [0.15, 0.2) is 11.6 Å². The minimum Gasteiger partial charge on any atom is -0.497 e. The van der Waals surface area contributed by atoms with Gasteiger partial charge in [0.2, 0.25) is 0 Å². The normalized spacial score (nSPS) is 11.2. The van der Waals surface area contributed by atoms with E-state index in [4.69, 9.17) is 4.74 Å². The molecule has 0 bridgehead atoms. The van der Waals surface area contributed by atoms with Crippen LogP contribution >= 0.6 is 0 Å². The third kappa shape index (κ3) is 3.40. The first-order valence-electron chi connectivity index (χ1n) is 5.59. The molecule has 0 saturated heterocycles. The Morgan fingerprint density at radius 1 is 0.900 bits per heavy atom. The predicted octanol–water partition coefficient (Wildman–Crippen LogP) is 4.40. The van der Waals surface area contributed by atoms with Gasteiger partial charge in [0.1, 0.15) is 5.75 Å². The number of methoxy groups -OCH3 is 1. The second kappa shape index (κ2) is 5.40. The number of rotatable bonds is 3. The number of hydrogen-bond donors (Lipinski definition) is 0. The van der Waals surface area contributed by atoms with Crippen molar-refractivity contribution in [2.75, 3.05) is 7.11 Å². The van der Waals surface area contributed by atoms with E-state index in [1.54, 1.807) is 24.3 Å². The largest absolute Gasteiger partial charge is 0.573 e. The smallest absolute Gasteiger partial charge is 0.497 e. The van der Waals surface area contributed by atoms with Gasteiger partial charge in [-0.3, -0.25) is 0 Å². The average Bonchev–Trinajstić information content (AvgIpc) is 2.40. The van der Waals surface area contributed by atoms with Crippen LogP contribution in [0.4, 0.5) is 17.6 Å². The minimum atomic E-state index is -4.91. The Labute approximate surface area is 112 Å². The fourth-order valence-corrected chi connectivity index (χ4v) is 1.67. The summed E-state index contributed by atoms with van der Waals surface area (Å²) in [6.45, 7) is 0. The molecule has 2 rings (SSSR count). The van der Waals surface area contributed by atoms with Crippen molar-refractivity contribution < 1.29 is 27.0 Å². The number of ether oxygens (including phenoxy) is 2. The van der Waals surface area contributed by atoms with Gasteiger partial charge in [-0.25, -0.2) is 4.39 Å². The van der Waals surface area contributed by atoms with E-state index in [-0.39, 0.29) is 0 Å². The van der Waals surface area contributed by atoms with E-state index in [2.05, 4.69) is 4.74 Å². The first kappa shape index (κ1) is 14.2. The van der Waals surface area contributed by atoms with Gasteiger partial charge in [0.05, 0.1) is 7.11 Å². The van der Waals surface area contributed by atoms with E-state index < -0.39 is 17.9 Å². The van der Waals surface area contributed by atoms with Crippen molar-refractivity contribution in [2.24, 2.45) is 0 Å². The molecule has 0 fully saturated rings. The highest BCUT2D eigenvalue weighted by atomic mass is 19.4. The number of benzene rings is 2. The highest BCUT2D eigenvalue weighted by Crippen LogP contribution is 2.30. The summed E-state index contributed by atoms with van der Waals surface area (Å²) in [5.41, 5.74) is 1.10. The molecule has 0 saturated carbocycles. The zero-order valence-electron chi connectivity index (χ0n) is 10.4. The van der Waals surface area contributed by atoms with Crippen molar-refractivity contribution in [3.8, 4) is 22.6 Å². The maximum absolute atomic E-state index is 13.6. The molecule has 2 nitrogen and oxygen atoms in total. The molecule has 0 atom stereocenters. The molecule has 0 aliphatic carbocycles. The molecular formula is C14H10F4O2. The fourth-order valence-electron chi connectivity index (χ4n) is 1.67. The van der Waals surface area contributed by atoms with Crippen molar-refractivity contribution in [3.63, 3.8) is 0 Å². The summed E-state index contributed by atoms with van der Waals surface area (Å²) in [6.07, 6.45) is -4.91. The average molecular weight is 286 g/mol. The molecule has 0 heterocycles. The van der Waals surface area contributed by atoms with E-state index >= 15 is 0 Å². The molecule has 0 amide bonds. The van der Waals surface area contributed by atoms with Gasteiger partial charge in [-0.2, -0.15) is 0 Å². The SMILES string of the molecule is COc1ccc(-c2ccc(OC(F)(F)F)c(F)c2)cc1. The minimum absolute atomic E-state index is 0.444. The van der Waals surface area contributed by atoms with Crippen LogP contribution in [0.25, 0.3) is 11.1 Å². The Kier molecular flexibility index (Phi) is 3.83. The summed E-state index contributed by atoms with van der Waals surface area (Å²) in [5.74, 6) is -1.29. The quantitative estimate of drug-likeness (QED) is 0.779. The second-order valence-corrected chi connectivity index (χ2v) is 3.92. The maximum atomic E-state index is 13.6. The van der Waals surface area contributed by atoms with Crippen LogP contribution in [-0.4, -0.2) is 13.5 Å². The first-order chi connectivity index (χ1) is 9.39. The van der Waals surface area contributed by atoms with Gasteiger partial charge in [-0.05, 0) is 35.4 Å².